The average molecular weight is 332 g/mol. The molecule has 0 N–H and O–H groups in total. The second-order valence-corrected chi connectivity index (χ2v) is 6.66. The largest absolute Gasteiger partial charge is 0.468 e. The molecule has 1 saturated heterocycles. The highest BCUT2D eigenvalue weighted by molar-refractivity contribution is 6.02. The second-order valence-electron chi connectivity index (χ2n) is 6.66. The van der Waals surface area contributed by atoms with E-state index in [-0.39, 0.29) is 12.5 Å². The Balaban J connectivity index is 2.08. The number of benzene rings is 1. The van der Waals surface area contributed by atoms with Gasteiger partial charge in [-0.15, -0.1) is 0 Å². The van der Waals surface area contributed by atoms with Gasteiger partial charge in [0.1, 0.15) is 0 Å². The Labute approximate surface area is 142 Å². The van der Waals surface area contributed by atoms with Crippen LogP contribution in [0.3, 0.4) is 0 Å². The Morgan fingerprint density at radius 1 is 1.00 bits per heavy atom. The molecule has 1 spiro atoms. The van der Waals surface area contributed by atoms with Gasteiger partial charge < -0.3 is 14.2 Å². The molecule has 0 unspecified atom stereocenters. The third-order valence-corrected chi connectivity index (χ3v) is 5.54. The van der Waals surface area contributed by atoms with Crippen molar-refractivity contribution in [3.05, 3.63) is 35.9 Å². The highest BCUT2D eigenvalue weighted by Gasteiger charge is 2.69. The van der Waals surface area contributed by atoms with Crippen LogP contribution < -0.4 is 0 Å². The summed E-state index contributed by atoms with van der Waals surface area (Å²) in [6, 6.07) is 9.73. The first-order valence-corrected chi connectivity index (χ1v) is 8.49. The maximum Gasteiger partial charge on any atom is 0.326 e. The van der Waals surface area contributed by atoms with Crippen LogP contribution in [0.25, 0.3) is 0 Å². The van der Waals surface area contributed by atoms with Gasteiger partial charge in [0, 0.05) is 6.42 Å². The number of ether oxygens (including phenoxy) is 3. The van der Waals surface area contributed by atoms with Crippen LogP contribution in [-0.4, -0.2) is 31.8 Å². The molecule has 130 valence electrons. The summed E-state index contributed by atoms with van der Waals surface area (Å²) in [6.07, 6.45) is 4.22. The molecule has 1 saturated carbocycles. The Hall–Kier alpha value is -1.88. The maximum atomic E-state index is 12.8. The van der Waals surface area contributed by atoms with Crippen molar-refractivity contribution >= 4 is 11.9 Å². The summed E-state index contributed by atoms with van der Waals surface area (Å²) in [7, 11) is 2.64. The van der Waals surface area contributed by atoms with Crippen LogP contribution in [0.15, 0.2) is 30.3 Å². The van der Waals surface area contributed by atoms with E-state index in [1.807, 2.05) is 30.3 Å². The molecule has 2 fully saturated rings. The summed E-state index contributed by atoms with van der Waals surface area (Å²) in [5.74, 6) is -1.09. The van der Waals surface area contributed by atoms with E-state index in [2.05, 4.69) is 0 Å². The minimum Gasteiger partial charge on any atom is -0.468 e. The lowest BCUT2D eigenvalue weighted by molar-refractivity contribution is -0.188. The van der Waals surface area contributed by atoms with Gasteiger partial charge in [-0.05, 0) is 18.4 Å². The second kappa shape index (κ2) is 6.55. The maximum absolute atomic E-state index is 12.8. The molecule has 3 rings (SSSR count). The van der Waals surface area contributed by atoms with Crippen LogP contribution in [0, 0.1) is 5.41 Å². The van der Waals surface area contributed by atoms with E-state index >= 15 is 0 Å². The number of rotatable bonds is 3. The molecule has 1 aromatic carbocycles. The Morgan fingerprint density at radius 3 is 2.12 bits per heavy atom. The fraction of sp³-hybridized carbons (Fsp3) is 0.579. The van der Waals surface area contributed by atoms with E-state index in [1.165, 1.54) is 14.2 Å². The SMILES string of the molecule is COC(=O)C1(C(=O)OC)C[C@H](c2ccccc2)OC12CCCCC2. The molecule has 0 radical (unpaired) electrons. The van der Waals surface area contributed by atoms with Crippen molar-refractivity contribution in [2.75, 3.05) is 14.2 Å². The molecular formula is C19H24O5. The first-order valence-electron chi connectivity index (χ1n) is 8.49. The minimum absolute atomic E-state index is 0.260. The van der Waals surface area contributed by atoms with E-state index in [9.17, 15) is 9.59 Å². The molecule has 1 atom stereocenters. The number of carbonyl (C=O) groups is 2. The summed E-state index contributed by atoms with van der Waals surface area (Å²) in [4.78, 5) is 25.6. The number of hydrogen-bond acceptors (Lipinski definition) is 5. The summed E-state index contributed by atoms with van der Waals surface area (Å²) in [6.45, 7) is 0. The summed E-state index contributed by atoms with van der Waals surface area (Å²) in [5.41, 5.74) is -1.26. The predicted octanol–water partition coefficient (Wildman–Crippen LogP) is 3.18. The normalized spacial score (nSPS) is 24.5. The first kappa shape index (κ1) is 17.0. The molecule has 5 heteroatoms. The molecule has 0 aromatic heterocycles. The zero-order chi connectivity index (χ0) is 17.2. The molecule has 0 bridgehead atoms. The van der Waals surface area contributed by atoms with E-state index in [1.54, 1.807) is 0 Å². The smallest absolute Gasteiger partial charge is 0.326 e. The number of methoxy groups -OCH3 is 2. The summed E-state index contributed by atoms with van der Waals surface area (Å²) in [5, 5.41) is 0. The molecular weight excluding hydrogens is 308 g/mol. The third-order valence-electron chi connectivity index (χ3n) is 5.54. The Kier molecular flexibility index (Phi) is 4.63. The first-order chi connectivity index (χ1) is 11.6. The van der Waals surface area contributed by atoms with E-state index in [4.69, 9.17) is 14.2 Å². The van der Waals surface area contributed by atoms with E-state index in [0.717, 1.165) is 24.8 Å². The monoisotopic (exact) mass is 332 g/mol. The van der Waals surface area contributed by atoms with Gasteiger partial charge in [-0.1, -0.05) is 49.6 Å². The van der Waals surface area contributed by atoms with Gasteiger partial charge in [0.2, 0.25) is 0 Å². The Bertz CT molecular complexity index is 587. The summed E-state index contributed by atoms with van der Waals surface area (Å²) >= 11 is 0. The Morgan fingerprint density at radius 2 is 1.58 bits per heavy atom. The van der Waals surface area contributed by atoms with E-state index in [0.29, 0.717) is 12.8 Å². The topological polar surface area (TPSA) is 61.8 Å². The lowest BCUT2D eigenvalue weighted by Crippen LogP contribution is -2.57. The van der Waals surface area contributed by atoms with Gasteiger partial charge in [0.15, 0.2) is 5.41 Å². The molecule has 1 heterocycles. The number of hydrogen-bond donors (Lipinski definition) is 0. The van der Waals surface area contributed by atoms with E-state index < -0.39 is 23.0 Å². The average Bonchev–Trinajstić information content (AvgIpc) is 2.97. The van der Waals surface area contributed by atoms with Crippen LogP contribution in [0.4, 0.5) is 0 Å². The highest BCUT2D eigenvalue weighted by Crippen LogP contribution is 2.59. The van der Waals surface area contributed by atoms with Crippen LogP contribution >= 0.6 is 0 Å². The van der Waals surface area contributed by atoms with Crippen molar-refractivity contribution in [2.45, 2.75) is 50.2 Å². The van der Waals surface area contributed by atoms with Crippen LogP contribution in [0.1, 0.15) is 50.2 Å². The molecule has 24 heavy (non-hydrogen) atoms. The van der Waals surface area contributed by atoms with Gasteiger partial charge in [0.05, 0.1) is 25.9 Å². The third kappa shape index (κ3) is 2.42. The molecule has 0 amide bonds. The van der Waals surface area contributed by atoms with Gasteiger partial charge in [-0.3, -0.25) is 9.59 Å². The van der Waals surface area contributed by atoms with Gasteiger partial charge in [-0.2, -0.15) is 0 Å². The predicted molar refractivity (Wildman–Crippen MR) is 87.2 cm³/mol. The van der Waals surface area contributed by atoms with Crippen LogP contribution in [0.2, 0.25) is 0 Å². The van der Waals surface area contributed by atoms with Crippen molar-refractivity contribution in [1.82, 2.24) is 0 Å². The van der Waals surface area contributed by atoms with Gasteiger partial charge >= 0.3 is 11.9 Å². The van der Waals surface area contributed by atoms with Crippen molar-refractivity contribution in [3.63, 3.8) is 0 Å². The van der Waals surface area contributed by atoms with Crippen molar-refractivity contribution in [1.29, 1.82) is 0 Å². The van der Waals surface area contributed by atoms with Crippen molar-refractivity contribution in [2.24, 2.45) is 5.41 Å². The minimum atomic E-state index is -1.39. The van der Waals surface area contributed by atoms with Crippen LogP contribution in [-0.2, 0) is 23.8 Å². The molecule has 1 aromatic rings. The number of carbonyl (C=O) groups excluding carboxylic acids is 2. The van der Waals surface area contributed by atoms with Gasteiger partial charge in [0.25, 0.3) is 0 Å². The molecule has 5 nitrogen and oxygen atoms in total. The zero-order valence-corrected chi connectivity index (χ0v) is 14.2. The van der Waals surface area contributed by atoms with Crippen molar-refractivity contribution < 1.29 is 23.8 Å². The fourth-order valence-corrected chi connectivity index (χ4v) is 4.37. The standard InChI is InChI=1S/C19H24O5/c1-22-16(20)19(17(21)23-2)13-15(14-9-5-3-6-10-14)24-18(19)11-7-4-8-12-18/h3,5-6,9-10,15H,4,7-8,11-13H2,1-2H3/t15-/m1/s1. The highest BCUT2D eigenvalue weighted by atomic mass is 16.6. The van der Waals surface area contributed by atoms with Crippen LogP contribution in [0.5, 0.6) is 0 Å². The number of esters is 2. The molecule has 2 aliphatic rings. The van der Waals surface area contributed by atoms with Gasteiger partial charge in [-0.25, -0.2) is 0 Å². The molecule has 1 aliphatic heterocycles. The summed E-state index contributed by atoms with van der Waals surface area (Å²) < 4.78 is 16.5. The lowest BCUT2D eigenvalue weighted by atomic mass is 9.64. The zero-order valence-electron chi connectivity index (χ0n) is 14.2. The quantitative estimate of drug-likeness (QED) is 0.628. The van der Waals surface area contributed by atoms with Crippen molar-refractivity contribution in [3.8, 4) is 0 Å². The lowest BCUT2D eigenvalue weighted by Gasteiger charge is -2.42. The fourth-order valence-electron chi connectivity index (χ4n) is 4.37. The molecule has 1 aliphatic carbocycles.